The van der Waals surface area contributed by atoms with Gasteiger partial charge in [0.15, 0.2) is 17.6 Å². The fourth-order valence-electron chi connectivity index (χ4n) is 4.27. The number of nitrogens with zero attached hydrogens (tertiary/aromatic N) is 3. The molecule has 0 unspecified atom stereocenters. The van der Waals surface area contributed by atoms with Crippen LogP contribution >= 0.6 is 11.3 Å². The Hall–Kier alpha value is -2.64. The predicted octanol–water partition coefficient (Wildman–Crippen LogP) is 3.77. The maximum atomic E-state index is 12.8. The normalized spacial score (nSPS) is 19.5. The van der Waals surface area contributed by atoms with Gasteiger partial charge in [-0.3, -0.25) is 9.69 Å². The van der Waals surface area contributed by atoms with Crippen molar-refractivity contribution in [1.29, 1.82) is 0 Å². The van der Waals surface area contributed by atoms with Crippen LogP contribution in [0.4, 0.5) is 0 Å². The first-order chi connectivity index (χ1) is 15.2. The highest BCUT2D eigenvalue weighted by Crippen LogP contribution is 2.34. The number of hydrogen-bond acceptors (Lipinski definition) is 6. The van der Waals surface area contributed by atoms with Crippen molar-refractivity contribution in [2.24, 2.45) is 0 Å². The molecule has 3 aromatic rings. The van der Waals surface area contributed by atoms with Gasteiger partial charge in [0, 0.05) is 13.0 Å². The Morgan fingerprint density at radius 3 is 2.68 bits per heavy atom. The average Bonchev–Trinajstić information content (AvgIpc) is 3.24. The molecule has 7 heteroatoms. The summed E-state index contributed by atoms with van der Waals surface area (Å²) in [7, 11) is 1.85. The molecule has 1 amide bonds. The van der Waals surface area contributed by atoms with Crippen molar-refractivity contribution in [1.82, 2.24) is 14.8 Å². The number of fused-ring (bicyclic) bond motifs is 2. The van der Waals surface area contributed by atoms with E-state index in [9.17, 15) is 4.79 Å². The monoisotopic (exact) mass is 437 g/mol. The van der Waals surface area contributed by atoms with E-state index >= 15 is 0 Å². The topological polar surface area (TPSA) is 54.9 Å². The maximum absolute atomic E-state index is 12.8. The van der Waals surface area contributed by atoms with E-state index in [4.69, 9.17) is 14.5 Å². The Kier molecular flexibility index (Phi) is 5.78. The predicted molar refractivity (Wildman–Crippen MR) is 122 cm³/mol. The van der Waals surface area contributed by atoms with Gasteiger partial charge in [-0.05, 0) is 50.2 Å². The quantitative estimate of drug-likeness (QED) is 0.608. The third-order valence-electron chi connectivity index (χ3n) is 6.08. The molecule has 1 saturated heterocycles. The third kappa shape index (κ3) is 4.52. The van der Waals surface area contributed by atoms with Crippen LogP contribution in [0.15, 0.2) is 48.5 Å². The van der Waals surface area contributed by atoms with E-state index in [-0.39, 0.29) is 12.0 Å². The van der Waals surface area contributed by atoms with Crippen LogP contribution < -0.4 is 9.47 Å². The first kappa shape index (κ1) is 20.3. The molecular weight excluding hydrogens is 410 g/mol. The molecule has 3 heterocycles. The molecule has 1 aromatic heterocycles. The Balaban J connectivity index is 1.10. The summed E-state index contributed by atoms with van der Waals surface area (Å²) in [6.45, 7) is 3.29. The molecular formula is C24H27N3O3S. The van der Waals surface area contributed by atoms with Crippen LogP contribution in [-0.2, 0) is 4.79 Å². The highest BCUT2D eigenvalue weighted by atomic mass is 32.1. The number of amides is 1. The summed E-state index contributed by atoms with van der Waals surface area (Å²) in [4.78, 5) is 21.6. The zero-order valence-electron chi connectivity index (χ0n) is 17.7. The van der Waals surface area contributed by atoms with Crippen molar-refractivity contribution in [3.63, 3.8) is 0 Å². The molecule has 0 N–H and O–H groups in total. The summed E-state index contributed by atoms with van der Waals surface area (Å²) >= 11 is 1.81. The minimum absolute atomic E-state index is 0.126. The van der Waals surface area contributed by atoms with Gasteiger partial charge in [0.05, 0.1) is 28.3 Å². The maximum Gasteiger partial charge on any atom is 0.236 e. The number of hydrogen-bond donors (Lipinski definition) is 0. The van der Waals surface area contributed by atoms with E-state index < -0.39 is 0 Å². The molecule has 2 aromatic carbocycles. The molecule has 2 aliphatic rings. The first-order valence-corrected chi connectivity index (χ1v) is 11.7. The standard InChI is InChI=1S/C24H27N3O3S/c1-26(14-18-16-29-20-7-3-4-8-21(20)30-18)23(28)15-27-12-10-17(11-13-27)24-25-19-6-2-5-9-22(19)31-24/h2-9,17-18H,10-16H2,1H3/t18-/m0/s1. The van der Waals surface area contributed by atoms with E-state index in [1.165, 1.54) is 9.71 Å². The number of rotatable bonds is 5. The van der Waals surface area contributed by atoms with Gasteiger partial charge in [0.1, 0.15) is 6.61 Å². The highest BCUT2D eigenvalue weighted by molar-refractivity contribution is 7.18. The van der Waals surface area contributed by atoms with Gasteiger partial charge in [0.2, 0.25) is 5.91 Å². The van der Waals surface area contributed by atoms with Gasteiger partial charge in [-0.15, -0.1) is 11.3 Å². The van der Waals surface area contributed by atoms with Crippen molar-refractivity contribution >= 4 is 27.5 Å². The van der Waals surface area contributed by atoms with Crippen LogP contribution in [0.3, 0.4) is 0 Å². The number of piperidine rings is 1. The summed E-state index contributed by atoms with van der Waals surface area (Å²) < 4.78 is 13.0. The number of likely N-dealkylation sites (tertiary alicyclic amines) is 1. The van der Waals surface area contributed by atoms with Gasteiger partial charge in [-0.2, -0.15) is 0 Å². The van der Waals surface area contributed by atoms with E-state index in [1.54, 1.807) is 4.90 Å². The Bertz CT molecular complexity index is 1030. The van der Waals surface area contributed by atoms with Crippen molar-refractivity contribution < 1.29 is 14.3 Å². The van der Waals surface area contributed by atoms with Gasteiger partial charge in [-0.25, -0.2) is 4.98 Å². The lowest BCUT2D eigenvalue weighted by atomic mass is 9.97. The van der Waals surface area contributed by atoms with Gasteiger partial charge >= 0.3 is 0 Å². The molecule has 0 saturated carbocycles. The zero-order chi connectivity index (χ0) is 21.2. The second kappa shape index (κ2) is 8.85. The lowest BCUT2D eigenvalue weighted by Crippen LogP contribution is -2.46. The molecule has 0 spiro atoms. The third-order valence-corrected chi connectivity index (χ3v) is 7.28. The molecule has 0 bridgehead atoms. The van der Waals surface area contributed by atoms with Crippen LogP contribution in [0.1, 0.15) is 23.8 Å². The van der Waals surface area contributed by atoms with Crippen molar-refractivity contribution in [2.45, 2.75) is 24.9 Å². The SMILES string of the molecule is CN(C[C@H]1COc2ccccc2O1)C(=O)CN1CCC(c2nc3ccccc3s2)CC1. The minimum atomic E-state index is -0.145. The fourth-order valence-corrected chi connectivity index (χ4v) is 5.41. The lowest BCUT2D eigenvalue weighted by Gasteiger charge is -2.33. The lowest BCUT2D eigenvalue weighted by molar-refractivity contribution is -0.132. The van der Waals surface area contributed by atoms with E-state index in [1.807, 2.05) is 48.7 Å². The number of carbonyl (C=O) groups excluding carboxylic acids is 1. The molecule has 6 nitrogen and oxygen atoms in total. The molecule has 2 aliphatic heterocycles. The van der Waals surface area contributed by atoms with Crippen LogP contribution in [0.25, 0.3) is 10.2 Å². The zero-order valence-corrected chi connectivity index (χ0v) is 18.5. The summed E-state index contributed by atoms with van der Waals surface area (Å²) in [5.74, 6) is 2.13. The molecule has 1 atom stereocenters. The van der Waals surface area contributed by atoms with Crippen molar-refractivity contribution in [3.05, 3.63) is 53.5 Å². The van der Waals surface area contributed by atoms with Crippen LogP contribution in [0.5, 0.6) is 11.5 Å². The number of ether oxygens (including phenoxy) is 2. The molecule has 0 radical (unpaired) electrons. The average molecular weight is 438 g/mol. The van der Waals surface area contributed by atoms with E-state index in [0.29, 0.717) is 25.6 Å². The molecule has 5 rings (SSSR count). The van der Waals surface area contributed by atoms with Crippen LogP contribution in [0.2, 0.25) is 0 Å². The molecule has 31 heavy (non-hydrogen) atoms. The number of likely N-dealkylation sites (N-methyl/N-ethyl adjacent to an activating group) is 1. The number of benzene rings is 2. The van der Waals surface area contributed by atoms with Crippen LogP contribution in [0, 0.1) is 0 Å². The minimum Gasteiger partial charge on any atom is -0.486 e. The highest BCUT2D eigenvalue weighted by Gasteiger charge is 2.27. The summed E-state index contributed by atoms with van der Waals surface area (Å²) in [6.07, 6.45) is 1.95. The molecule has 1 fully saturated rings. The number of carbonyl (C=O) groups is 1. The second-order valence-corrected chi connectivity index (χ2v) is 9.40. The van der Waals surface area contributed by atoms with Gasteiger partial charge < -0.3 is 14.4 Å². The molecule has 162 valence electrons. The Morgan fingerprint density at radius 1 is 1.13 bits per heavy atom. The number of para-hydroxylation sites is 3. The first-order valence-electron chi connectivity index (χ1n) is 10.9. The van der Waals surface area contributed by atoms with Gasteiger partial charge in [-0.1, -0.05) is 24.3 Å². The van der Waals surface area contributed by atoms with Gasteiger partial charge in [0.25, 0.3) is 0 Å². The number of thiazole rings is 1. The molecule has 0 aliphatic carbocycles. The Morgan fingerprint density at radius 2 is 1.87 bits per heavy atom. The largest absolute Gasteiger partial charge is 0.486 e. The summed E-state index contributed by atoms with van der Waals surface area (Å²) in [5.41, 5.74) is 1.10. The van der Waals surface area contributed by atoms with E-state index in [2.05, 4.69) is 23.1 Å². The second-order valence-electron chi connectivity index (χ2n) is 8.34. The van der Waals surface area contributed by atoms with Crippen LogP contribution in [-0.4, -0.2) is 66.6 Å². The summed E-state index contributed by atoms with van der Waals surface area (Å²) in [5, 5.41) is 1.24. The van der Waals surface area contributed by atoms with E-state index in [0.717, 1.165) is 42.9 Å². The van der Waals surface area contributed by atoms with Crippen molar-refractivity contribution in [2.75, 3.05) is 39.8 Å². The van der Waals surface area contributed by atoms with Crippen molar-refractivity contribution in [3.8, 4) is 11.5 Å². The fraction of sp³-hybridized carbons (Fsp3) is 0.417. The summed E-state index contributed by atoms with van der Waals surface area (Å²) in [6, 6.07) is 16.0. The number of aromatic nitrogens is 1. The Labute approximate surface area is 186 Å². The smallest absolute Gasteiger partial charge is 0.236 e.